The Kier molecular flexibility index (Phi) is 2.19. The van der Waals surface area contributed by atoms with Crippen LogP contribution >= 0.6 is 11.3 Å². The molecule has 0 aliphatic heterocycles. The van der Waals surface area contributed by atoms with Crippen LogP contribution in [0.1, 0.15) is 20.8 Å². The molecule has 2 rings (SSSR count). The van der Waals surface area contributed by atoms with E-state index in [4.69, 9.17) is 4.74 Å². The van der Waals surface area contributed by atoms with E-state index in [1.54, 1.807) is 11.3 Å². The molecule has 0 spiro atoms. The molecule has 0 N–H and O–H groups in total. The average Bonchev–Trinajstić information content (AvgIpc) is 2.42. The van der Waals surface area contributed by atoms with Crippen LogP contribution in [0.2, 0.25) is 0 Å². The number of para-hydroxylation sites is 1. The van der Waals surface area contributed by atoms with E-state index in [1.165, 1.54) is 4.70 Å². The summed E-state index contributed by atoms with van der Waals surface area (Å²) in [4.78, 5) is 4.39. The first-order chi connectivity index (χ1) is 6.54. The van der Waals surface area contributed by atoms with E-state index in [-0.39, 0.29) is 5.60 Å². The van der Waals surface area contributed by atoms with Crippen molar-refractivity contribution in [1.29, 1.82) is 0 Å². The quantitative estimate of drug-likeness (QED) is 0.714. The molecule has 2 aromatic rings. The largest absolute Gasteiger partial charge is 0.464 e. The van der Waals surface area contributed by atoms with Gasteiger partial charge in [-0.25, -0.2) is 4.98 Å². The van der Waals surface area contributed by atoms with Gasteiger partial charge in [-0.2, -0.15) is 0 Å². The maximum atomic E-state index is 5.69. The Morgan fingerprint density at radius 3 is 2.57 bits per heavy atom. The topological polar surface area (TPSA) is 22.1 Å². The van der Waals surface area contributed by atoms with Crippen LogP contribution in [0.25, 0.3) is 10.2 Å². The van der Waals surface area contributed by atoms with Gasteiger partial charge in [-0.05, 0) is 32.9 Å². The van der Waals surface area contributed by atoms with Gasteiger partial charge >= 0.3 is 0 Å². The van der Waals surface area contributed by atoms with Crippen LogP contribution in [-0.4, -0.2) is 10.6 Å². The molecule has 0 atom stereocenters. The molecule has 0 saturated carbocycles. The molecule has 1 aromatic heterocycles. The maximum Gasteiger partial charge on any atom is 0.274 e. The number of nitrogens with zero attached hydrogens (tertiary/aromatic N) is 1. The van der Waals surface area contributed by atoms with Gasteiger partial charge in [0.05, 0.1) is 10.2 Å². The zero-order chi connectivity index (χ0) is 10.2. The predicted octanol–water partition coefficient (Wildman–Crippen LogP) is 3.47. The number of hydrogen-bond donors (Lipinski definition) is 0. The number of thiazole rings is 1. The van der Waals surface area contributed by atoms with E-state index in [0.717, 1.165) is 10.7 Å². The van der Waals surface area contributed by atoms with Crippen molar-refractivity contribution < 1.29 is 4.74 Å². The highest BCUT2D eigenvalue weighted by molar-refractivity contribution is 7.20. The van der Waals surface area contributed by atoms with Crippen molar-refractivity contribution in [3.05, 3.63) is 24.3 Å². The second-order valence-corrected chi connectivity index (χ2v) is 5.16. The minimum atomic E-state index is -0.173. The van der Waals surface area contributed by atoms with Crippen LogP contribution in [0.5, 0.6) is 5.19 Å². The highest BCUT2D eigenvalue weighted by Gasteiger charge is 2.14. The van der Waals surface area contributed by atoms with Crippen LogP contribution in [-0.2, 0) is 0 Å². The van der Waals surface area contributed by atoms with E-state index >= 15 is 0 Å². The van der Waals surface area contributed by atoms with Gasteiger partial charge in [0.2, 0.25) is 0 Å². The molecule has 0 radical (unpaired) electrons. The number of ether oxygens (including phenoxy) is 1. The van der Waals surface area contributed by atoms with Crippen LogP contribution < -0.4 is 4.74 Å². The molecule has 0 unspecified atom stereocenters. The summed E-state index contributed by atoms with van der Waals surface area (Å²) in [7, 11) is 0. The summed E-state index contributed by atoms with van der Waals surface area (Å²) in [5.41, 5.74) is 0.838. The lowest BCUT2D eigenvalue weighted by molar-refractivity contribution is 0.130. The SMILES string of the molecule is CC(C)(C)Oc1nc2ccccc2s1. The normalized spacial score (nSPS) is 11.9. The van der Waals surface area contributed by atoms with Gasteiger partial charge in [0, 0.05) is 0 Å². The van der Waals surface area contributed by atoms with Gasteiger partial charge < -0.3 is 4.74 Å². The molecule has 1 aromatic carbocycles. The highest BCUT2D eigenvalue weighted by atomic mass is 32.1. The summed E-state index contributed by atoms with van der Waals surface area (Å²) < 4.78 is 6.87. The van der Waals surface area contributed by atoms with Gasteiger partial charge in [-0.15, -0.1) is 0 Å². The molecule has 2 nitrogen and oxygen atoms in total. The number of hydrogen-bond acceptors (Lipinski definition) is 3. The number of benzene rings is 1. The Balaban J connectivity index is 2.36. The van der Waals surface area contributed by atoms with Crippen LogP contribution in [0.15, 0.2) is 24.3 Å². The van der Waals surface area contributed by atoms with Crippen LogP contribution in [0.4, 0.5) is 0 Å². The Morgan fingerprint density at radius 1 is 1.21 bits per heavy atom. The highest BCUT2D eigenvalue weighted by Crippen LogP contribution is 2.29. The summed E-state index contributed by atoms with van der Waals surface area (Å²) >= 11 is 1.59. The molecule has 14 heavy (non-hydrogen) atoms. The summed E-state index contributed by atoms with van der Waals surface area (Å²) in [6.45, 7) is 6.08. The fourth-order valence-corrected chi connectivity index (χ4v) is 2.15. The number of fused-ring (bicyclic) bond motifs is 1. The molecule has 0 aliphatic rings. The first-order valence-electron chi connectivity index (χ1n) is 4.59. The molecule has 0 amide bonds. The van der Waals surface area contributed by atoms with Gasteiger partial charge in [0.25, 0.3) is 5.19 Å². The van der Waals surface area contributed by atoms with E-state index in [0.29, 0.717) is 0 Å². The lowest BCUT2D eigenvalue weighted by Crippen LogP contribution is -2.22. The Morgan fingerprint density at radius 2 is 1.93 bits per heavy atom. The number of aromatic nitrogens is 1. The molecular weight excluding hydrogens is 194 g/mol. The monoisotopic (exact) mass is 207 g/mol. The zero-order valence-electron chi connectivity index (χ0n) is 8.57. The first-order valence-corrected chi connectivity index (χ1v) is 5.41. The first kappa shape index (κ1) is 9.46. The molecule has 0 bridgehead atoms. The van der Waals surface area contributed by atoms with E-state index in [1.807, 2.05) is 39.0 Å². The lowest BCUT2D eigenvalue weighted by Gasteiger charge is -2.18. The van der Waals surface area contributed by atoms with Gasteiger partial charge in [-0.3, -0.25) is 0 Å². The smallest absolute Gasteiger partial charge is 0.274 e. The van der Waals surface area contributed by atoms with Crippen molar-refractivity contribution >= 4 is 21.6 Å². The van der Waals surface area contributed by atoms with E-state index in [2.05, 4.69) is 11.1 Å². The van der Waals surface area contributed by atoms with Crippen molar-refractivity contribution in [2.75, 3.05) is 0 Å². The third kappa shape index (κ3) is 2.04. The third-order valence-electron chi connectivity index (χ3n) is 1.67. The Hall–Kier alpha value is -1.09. The van der Waals surface area contributed by atoms with Crippen molar-refractivity contribution in [2.45, 2.75) is 26.4 Å². The van der Waals surface area contributed by atoms with Crippen LogP contribution in [0, 0.1) is 0 Å². The van der Waals surface area contributed by atoms with Gasteiger partial charge in [-0.1, -0.05) is 23.5 Å². The molecule has 3 heteroatoms. The van der Waals surface area contributed by atoms with Gasteiger partial charge in [0.15, 0.2) is 0 Å². The standard InChI is InChI=1S/C11H13NOS/c1-11(2,3)13-10-12-8-6-4-5-7-9(8)14-10/h4-7H,1-3H3. The van der Waals surface area contributed by atoms with E-state index < -0.39 is 0 Å². The average molecular weight is 207 g/mol. The molecule has 0 fully saturated rings. The minimum absolute atomic E-state index is 0.173. The Labute approximate surface area is 87.5 Å². The van der Waals surface area contributed by atoms with E-state index in [9.17, 15) is 0 Å². The summed E-state index contributed by atoms with van der Waals surface area (Å²) in [6, 6.07) is 8.06. The molecule has 0 saturated heterocycles. The van der Waals surface area contributed by atoms with Crippen molar-refractivity contribution in [1.82, 2.24) is 4.98 Å². The summed E-state index contributed by atoms with van der Waals surface area (Å²) in [6.07, 6.45) is 0. The van der Waals surface area contributed by atoms with Crippen molar-refractivity contribution in [2.24, 2.45) is 0 Å². The molecule has 0 aliphatic carbocycles. The predicted molar refractivity (Wildman–Crippen MR) is 60.0 cm³/mol. The summed E-state index contributed by atoms with van der Waals surface area (Å²) in [5.74, 6) is 0. The number of rotatable bonds is 1. The lowest BCUT2D eigenvalue weighted by atomic mass is 10.2. The fraction of sp³-hybridized carbons (Fsp3) is 0.364. The second-order valence-electron chi connectivity index (χ2n) is 4.16. The third-order valence-corrected chi connectivity index (χ3v) is 2.58. The molecule has 74 valence electrons. The van der Waals surface area contributed by atoms with Gasteiger partial charge in [0.1, 0.15) is 5.60 Å². The minimum Gasteiger partial charge on any atom is -0.464 e. The van der Waals surface area contributed by atoms with Crippen molar-refractivity contribution in [3.63, 3.8) is 0 Å². The molecule has 1 heterocycles. The second kappa shape index (κ2) is 3.24. The van der Waals surface area contributed by atoms with Crippen LogP contribution in [0.3, 0.4) is 0 Å². The molecular formula is C11H13NOS. The maximum absolute atomic E-state index is 5.69. The van der Waals surface area contributed by atoms with Crippen molar-refractivity contribution in [3.8, 4) is 5.19 Å². The Bertz CT molecular complexity index is 409. The summed E-state index contributed by atoms with van der Waals surface area (Å²) in [5, 5.41) is 0.749. The fourth-order valence-electron chi connectivity index (χ4n) is 1.16. The zero-order valence-corrected chi connectivity index (χ0v) is 9.39.